The van der Waals surface area contributed by atoms with E-state index in [1.54, 1.807) is 0 Å². The van der Waals surface area contributed by atoms with Crippen molar-refractivity contribution in [1.82, 2.24) is 10.5 Å². The maximum Gasteiger partial charge on any atom is 4.00 e. The van der Waals surface area contributed by atoms with Crippen LogP contribution in [-0.2, 0) is 21.1 Å². The van der Waals surface area contributed by atoms with Gasteiger partial charge in [0.25, 0.3) is 0 Å². The van der Waals surface area contributed by atoms with E-state index < -0.39 is 11.8 Å². The summed E-state index contributed by atoms with van der Waals surface area (Å²) in [5.74, 6) is -0.551. The van der Waals surface area contributed by atoms with E-state index in [-0.39, 0.29) is 39.7 Å². The second-order valence-corrected chi connectivity index (χ2v) is 2.31. The van der Waals surface area contributed by atoms with E-state index in [0.29, 0.717) is 0 Å². The molecule has 0 aromatic carbocycles. The summed E-state index contributed by atoms with van der Waals surface area (Å²) in [4.78, 5) is 29.4. The fraction of sp³-hybridized carbons (Fsp3) is 0.250. The minimum absolute atomic E-state index is 0. The Bertz CT molecular complexity index is 384. The number of aromatic amines is 1. The summed E-state index contributed by atoms with van der Waals surface area (Å²) in [6.45, 7) is 0.472. The number of amides is 2. The molecule has 1 heterocycles. The van der Waals surface area contributed by atoms with Crippen molar-refractivity contribution in [3.63, 3.8) is 0 Å². The van der Waals surface area contributed by atoms with Gasteiger partial charge in [-0.1, -0.05) is 6.20 Å². The third-order valence-corrected chi connectivity index (χ3v) is 0.909. The molecule has 0 aliphatic heterocycles. The largest absolute Gasteiger partial charge is 4.00 e. The molecule has 0 radical (unpaired) electrons. The van der Waals surface area contributed by atoms with Gasteiger partial charge in [0.1, 0.15) is 5.56 Å². The Morgan fingerprint density at radius 1 is 1.52 bits per heavy atom. The molecule has 6 N–H and O–H groups in total. The molecule has 0 unspecified atom stereocenters. The van der Waals surface area contributed by atoms with Crippen LogP contribution in [-0.4, -0.2) is 29.3 Å². The third kappa shape index (κ3) is 38.1. The molecule has 11 nitrogen and oxygen atoms in total. The molecule has 0 saturated heterocycles. The number of nitrogens with one attached hydrogen (secondary N) is 5. The predicted octanol–water partition coefficient (Wildman–Crippen LogP) is 1.79. The molecule has 21 heavy (non-hydrogen) atoms. The van der Waals surface area contributed by atoms with Crippen LogP contribution in [0.2, 0.25) is 0 Å². The Labute approximate surface area is 132 Å². The number of aromatic nitrogens is 1. The van der Waals surface area contributed by atoms with Crippen LogP contribution >= 0.6 is 0 Å². The summed E-state index contributed by atoms with van der Waals surface area (Å²) < 4.78 is 11.9. The van der Waals surface area contributed by atoms with Gasteiger partial charge < -0.3 is 47.8 Å². The molecule has 1 aromatic heterocycles. The smallest absolute Gasteiger partial charge is 0.679 e. The number of hydrogen-bond acceptors (Lipinski definition) is 6. The Morgan fingerprint density at radius 3 is 2.05 bits per heavy atom. The van der Waals surface area contributed by atoms with Gasteiger partial charge in [-0.2, -0.15) is 13.1 Å². The number of H-pyrrole nitrogens is 1. The Kier molecular flexibility index (Phi) is 30.4. The Balaban J connectivity index is -0.0000000980. The molecule has 0 aliphatic rings. The molecule has 0 spiro atoms. The van der Waals surface area contributed by atoms with Crippen molar-refractivity contribution in [3.8, 4) is 0 Å². The van der Waals surface area contributed by atoms with E-state index in [1.807, 2.05) is 0 Å². The average Bonchev–Trinajstić information content (AvgIpc) is 2.44. The number of hydrogen-bond donors (Lipinski definition) is 3. The summed E-state index contributed by atoms with van der Waals surface area (Å²) in [5.41, 5.74) is 19.1. The fourth-order valence-corrected chi connectivity index (χ4v) is 0.352. The van der Waals surface area contributed by atoms with Gasteiger partial charge in [-0.3, -0.25) is 4.79 Å². The number of rotatable bonds is 1. The Morgan fingerprint density at radius 2 is 1.90 bits per heavy atom. The average molecular weight is 486 g/mol. The van der Waals surface area contributed by atoms with E-state index in [9.17, 15) is 9.18 Å². The van der Waals surface area contributed by atoms with Crippen LogP contribution in [0, 0.1) is 22.0 Å². The maximum atomic E-state index is 11.9. The molecule has 0 fully saturated rings. The van der Waals surface area contributed by atoms with Crippen molar-refractivity contribution in [2.24, 2.45) is 5.34 Å². The van der Waals surface area contributed by atoms with E-state index in [1.165, 1.54) is 0 Å². The number of urea groups is 1. The number of hydroxylamine groups is 1. The van der Waals surface area contributed by atoms with Gasteiger partial charge in [0.2, 0.25) is 0 Å². The zero-order valence-electron chi connectivity index (χ0n) is 10.3. The zero-order chi connectivity index (χ0) is 16.4. The number of carbonyl (C=O) groups is 1. The van der Waals surface area contributed by atoms with Crippen molar-refractivity contribution in [2.75, 3.05) is 13.1 Å². The zero-order valence-corrected chi connectivity index (χ0v) is 12.6. The van der Waals surface area contributed by atoms with Crippen LogP contribution in [0.15, 0.2) is 22.4 Å². The molecule has 122 valence electrons. The molecular formula is C8H12FN6O5Pt-. The Hall–Kier alpha value is -1.88. The topological polar surface area (TPSA) is 206 Å². The standard InChI is InChI=1S/C5H3FNO.C2H6N2.CH4N2O2.HNO2.Pt/c6-4-1-2-5(8)7-3-4;3-1-2-4;2-1(4)3-5;2-1-3;/h2-3H,(H,7,8);3-4H,1-2H2;(H4,2,3,4,5);(H,2,3);/q-1;-2;;;+4/p-2. The van der Waals surface area contributed by atoms with Crippen LogP contribution < -0.4 is 11.0 Å². The predicted molar refractivity (Wildman–Crippen MR) is 68.0 cm³/mol. The monoisotopic (exact) mass is 486 g/mol. The van der Waals surface area contributed by atoms with Gasteiger partial charge in [-0.25, -0.2) is 4.39 Å². The van der Waals surface area contributed by atoms with E-state index in [2.05, 4.69) is 11.1 Å². The van der Waals surface area contributed by atoms with Crippen molar-refractivity contribution in [1.29, 1.82) is 0 Å². The van der Waals surface area contributed by atoms with Crippen LogP contribution in [0.4, 0.5) is 9.18 Å². The van der Waals surface area contributed by atoms with E-state index in [4.69, 9.17) is 37.3 Å². The first kappa shape index (κ1) is 27.5. The first-order valence-corrected chi connectivity index (χ1v) is 4.55. The molecule has 0 atom stereocenters. The molecule has 0 saturated carbocycles. The van der Waals surface area contributed by atoms with Crippen LogP contribution in [0.25, 0.3) is 17.2 Å². The summed E-state index contributed by atoms with van der Waals surface area (Å²) in [6, 6.07) is 1.91. The summed E-state index contributed by atoms with van der Waals surface area (Å²) in [6.07, 6.45) is 0.961. The summed E-state index contributed by atoms with van der Waals surface area (Å²) in [5, 5.41) is 16.4. The number of nitrogens with zero attached hydrogens (tertiary/aromatic N) is 1. The fourth-order valence-electron chi connectivity index (χ4n) is 0.352. The van der Waals surface area contributed by atoms with E-state index >= 15 is 0 Å². The second kappa shape index (κ2) is 23.2. The normalized spacial score (nSPS) is 7.05. The van der Waals surface area contributed by atoms with Crippen LogP contribution in [0.3, 0.4) is 0 Å². The summed E-state index contributed by atoms with van der Waals surface area (Å²) in [7, 11) is 0. The van der Waals surface area contributed by atoms with Gasteiger partial charge in [0.15, 0.2) is 6.03 Å². The molecule has 1 rings (SSSR count). The van der Waals surface area contributed by atoms with E-state index in [0.717, 1.165) is 23.1 Å². The molecule has 1 aromatic rings. The van der Waals surface area contributed by atoms with Gasteiger partial charge in [-0.05, 0) is 0 Å². The quantitative estimate of drug-likeness (QED) is 0.234. The summed E-state index contributed by atoms with van der Waals surface area (Å²) >= 11 is 0. The van der Waals surface area contributed by atoms with Crippen LogP contribution in [0.1, 0.15) is 0 Å². The number of carbonyl (C=O) groups excluding carboxylic acids is 1. The molecule has 2 amide bonds. The minimum Gasteiger partial charge on any atom is -0.679 e. The van der Waals surface area contributed by atoms with Gasteiger partial charge in [0.05, 0.1) is 0 Å². The second-order valence-electron chi connectivity index (χ2n) is 2.31. The third-order valence-electron chi connectivity index (χ3n) is 0.909. The first-order chi connectivity index (χ1) is 9.39. The van der Waals surface area contributed by atoms with Crippen molar-refractivity contribution in [2.45, 2.75) is 0 Å². The number of halogens is 1. The van der Waals surface area contributed by atoms with Gasteiger partial charge >= 0.3 is 21.1 Å². The van der Waals surface area contributed by atoms with Crippen LogP contribution in [0.5, 0.6) is 0 Å². The first-order valence-electron chi connectivity index (χ1n) is 4.55. The van der Waals surface area contributed by atoms with Crippen molar-refractivity contribution in [3.05, 3.63) is 61.8 Å². The van der Waals surface area contributed by atoms with Crippen molar-refractivity contribution >= 4 is 6.03 Å². The van der Waals surface area contributed by atoms with Gasteiger partial charge in [0, 0.05) is 5.82 Å². The van der Waals surface area contributed by atoms with Gasteiger partial charge in [-0.15, -0.1) is 17.5 Å². The molecule has 13 heteroatoms. The minimum atomic E-state index is -1.19. The molecular weight excluding hydrogens is 474 g/mol. The SMILES string of the molecule is O=N[O-].O=c1c[c-]c(F)c[nH]1.[NH-]C(=O)NO.[NH-]CC[NH-].[Pt+4]. The maximum absolute atomic E-state index is 11.9. The number of pyridine rings is 1. The molecule has 0 aliphatic carbocycles. The van der Waals surface area contributed by atoms with Crippen molar-refractivity contribution < 1.29 is 35.5 Å². The molecule has 0 bridgehead atoms.